The van der Waals surface area contributed by atoms with Crippen molar-refractivity contribution in [2.45, 2.75) is 25.8 Å². The molecule has 31 heavy (non-hydrogen) atoms. The summed E-state index contributed by atoms with van der Waals surface area (Å²) < 4.78 is 0. The molecule has 1 aromatic carbocycles. The van der Waals surface area contributed by atoms with Crippen LogP contribution < -0.4 is 15.1 Å². The van der Waals surface area contributed by atoms with Crippen molar-refractivity contribution < 1.29 is 4.79 Å². The second kappa shape index (κ2) is 8.15. The fourth-order valence-electron chi connectivity index (χ4n) is 4.39. The molecule has 0 spiro atoms. The maximum atomic E-state index is 13.6. The lowest BCUT2D eigenvalue weighted by Crippen LogP contribution is -2.39. The molecule has 2 aliphatic rings. The molecule has 2 aromatic heterocycles. The number of nitrogens with zero attached hydrogens (tertiary/aromatic N) is 5. The third kappa shape index (κ3) is 3.70. The van der Waals surface area contributed by atoms with Gasteiger partial charge in [-0.1, -0.05) is 23.7 Å². The molecular formula is C23H23ClN6O. The average molecular weight is 435 g/mol. The topological polar surface area (TPSA) is 74.2 Å². The summed E-state index contributed by atoms with van der Waals surface area (Å²) in [5.74, 6) is 1.22. The summed E-state index contributed by atoms with van der Waals surface area (Å²) in [6, 6.07) is 12.0. The monoisotopic (exact) mass is 434 g/mol. The van der Waals surface area contributed by atoms with Gasteiger partial charge in [-0.25, -0.2) is 9.97 Å². The third-order valence-corrected chi connectivity index (χ3v) is 6.05. The van der Waals surface area contributed by atoms with Crippen molar-refractivity contribution in [1.82, 2.24) is 15.0 Å². The highest BCUT2D eigenvalue weighted by Gasteiger charge is 2.37. The second-order valence-electron chi connectivity index (χ2n) is 7.78. The number of carbonyl (C=O) groups excluding carboxylic acids is 1. The molecule has 0 saturated carbocycles. The van der Waals surface area contributed by atoms with Crippen molar-refractivity contribution in [2.75, 3.05) is 34.8 Å². The fourth-order valence-corrected chi connectivity index (χ4v) is 4.56. The van der Waals surface area contributed by atoms with E-state index in [-0.39, 0.29) is 11.9 Å². The van der Waals surface area contributed by atoms with E-state index in [1.54, 1.807) is 12.4 Å². The van der Waals surface area contributed by atoms with Crippen molar-refractivity contribution in [1.29, 1.82) is 0 Å². The Morgan fingerprint density at radius 1 is 1.19 bits per heavy atom. The molecule has 1 N–H and O–H groups in total. The first-order valence-electron chi connectivity index (χ1n) is 10.6. The van der Waals surface area contributed by atoms with Crippen molar-refractivity contribution in [3.8, 4) is 11.1 Å². The van der Waals surface area contributed by atoms with Crippen LogP contribution in [0.25, 0.3) is 11.1 Å². The van der Waals surface area contributed by atoms with Gasteiger partial charge in [0.15, 0.2) is 0 Å². The first-order valence-corrected chi connectivity index (χ1v) is 10.9. The van der Waals surface area contributed by atoms with Crippen LogP contribution in [0.4, 0.5) is 17.5 Å². The van der Waals surface area contributed by atoms with Crippen LogP contribution in [0, 0.1) is 0 Å². The number of carbonyl (C=O) groups is 1. The van der Waals surface area contributed by atoms with Crippen LogP contribution in [0.15, 0.2) is 48.8 Å². The molecule has 1 amide bonds. The number of amides is 1. The normalized spacial score (nSPS) is 17.9. The Balaban J connectivity index is 1.56. The van der Waals surface area contributed by atoms with E-state index in [0.29, 0.717) is 23.2 Å². The van der Waals surface area contributed by atoms with Gasteiger partial charge in [0.05, 0.1) is 0 Å². The molecule has 158 valence electrons. The van der Waals surface area contributed by atoms with Gasteiger partial charge < -0.3 is 15.1 Å². The maximum Gasteiger partial charge on any atom is 0.263 e. The summed E-state index contributed by atoms with van der Waals surface area (Å²) in [5, 5.41) is 3.60. The zero-order chi connectivity index (χ0) is 21.4. The lowest BCUT2D eigenvalue weighted by molar-refractivity contribution is 0.0988. The molecule has 0 aliphatic carbocycles. The molecule has 4 heterocycles. The summed E-state index contributed by atoms with van der Waals surface area (Å²) in [7, 11) is 0. The fraction of sp³-hybridized carbons (Fsp3) is 0.304. The van der Waals surface area contributed by atoms with E-state index in [1.165, 1.54) is 0 Å². The van der Waals surface area contributed by atoms with E-state index in [0.717, 1.165) is 48.6 Å². The minimum Gasteiger partial charge on any atom is -0.354 e. The predicted octanol–water partition coefficient (Wildman–Crippen LogP) is 4.25. The molecule has 0 bridgehead atoms. The third-order valence-electron chi connectivity index (χ3n) is 5.84. The Kier molecular flexibility index (Phi) is 5.19. The van der Waals surface area contributed by atoms with Crippen LogP contribution in [0.3, 0.4) is 0 Å². The van der Waals surface area contributed by atoms with Crippen LogP contribution >= 0.6 is 11.6 Å². The van der Waals surface area contributed by atoms with Gasteiger partial charge in [-0.05, 0) is 55.2 Å². The Hall–Kier alpha value is -3.19. The molecular weight excluding hydrogens is 412 g/mol. The standard InChI is InChI=1S/C23H23ClN6O/c1-2-25-23-27-13-19-21(28-23)29-10-4-7-18(29)14-30(22(19)31)17-6-3-5-15(11-17)16-8-9-26-20(24)12-16/h3,5-6,8-9,11-13,18H,2,4,7,10,14H2,1H3,(H,25,27,28). The molecule has 1 saturated heterocycles. The first kappa shape index (κ1) is 19.8. The van der Waals surface area contributed by atoms with Gasteiger partial charge in [-0.3, -0.25) is 4.79 Å². The number of anilines is 3. The van der Waals surface area contributed by atoms with Gasteiger partial charge in [0.1, 0.15) is 16.5 Å². The quantitative estimate of drug-likeness (QED) is 0.618. The zero-order valence-electron chi connectivity index (χ0n) is 17.3. The van der Waals surface area contributed by atoms with E-state index < -0.39 is 0 Å². The molecule has 8 heteroatoms. The Bertz CT molecular complexity index is 1140. The number of aromatic nitrogens is 3. The van der Waals surface area contributed by atoms with Crippen LogP contribution in [0.5, 0.6) is 0 Å². The van der Waals surface area contributed by atoms with Gasteiger partial charge in [0, 0.05) is 43.8 Å². The summed E-state index contributed by atoms with van der Waals surface area (Å²) in [6.45, 7) is 4.25. The first-order chi connectivity index (χ1) is 15.1. The molecule has 2 aliphatic heterocycles. The molecule has 1 fully saturated rings. The highest BCUT2D eigenvalue weighted by atomic mass is 35.5. The summed E-state index contributed by atoms with van der Waals surface area (Å²) >= 11 is 6.08. The lowest BCUT2D eigenvalue weighted by atomic mass is 10.1. The molecule has 5 rings (SSSR count). The van der Waals surface area contributed by atoms with E-state index >= 15 is 0 Å². The van der Waals surface area contributed by atoms with Crippen LogP contribution in [0.2, 0.25) is 5.15 Å². The summed E-state index contributed by atoms with van der Waals surface area (Å²) in [6.07, 6.45) is 5.46. The number of hydrogen-bond donors (Lipinski definition) is 1. The van der Waals surface area contributed by atoms with Crippen molar-refractivity contribution in [3.05, 3.63) is 59.5 Å². The number of hydrogen-bond acceptors (Lipinski definition) is 6. The van der Waals surface area contributed by atoms with Gasteiger partial charge in [0.2, 0.25) is 5.95 Å². The largest absolute Gasteiger partial charge is 0.354 e. The molecule has 1 atom stereocenters. The maximum absolute atomic E-state index is 13.6. The van der Waals surface area contributed by atoms with Crippen LogP contribution in [0.1, 0.15) is 30.1 Å². The van der Waals surface area contributed by atoms with Crippen molar-refractivity contribution in [2.24, 2.45) is 0 Å². The lowest BCUT2D eigenvalue weighted by Gasteiger charge is -2.27. The minimum atomic E-state index is -0.0719. The van der Waals surface area contributed by atoms with Gasteiger partial charge in [-0.15, -0.1) is 0 Å². The predicted molar refractivity (Wildman–Crippen MR) is 123 cm³/mol. The van der Waals surface area contributed by atoms with Crippen molar-refractivity contribution >= 4 is 35.0 Å². The van der Waals surface area contributed by atoms with E-state index in [1.807, 2.05) is 48.2 Å². The van der Waals surface area contributed by atoms with Crippen LogP contribution in [-0.2, 0) is 0 Å². The van der Waals surface area contributed by atoms with Gasteiger partial charge >= 0.3 is 0 Å². The zero-order valence-corrected chi connectivity index (χ0v) is 18.0. The van der Waals surface area contributed by atoms with Crippen molar-refractivity contribution in [3.63, 3.8) is 0 Å². The Labute approximate surface area is 186 Å². The van der Waals surface area contributed by atoms with E-state index in [4.69, 9.17) is 16.6 Å². The van der Waals surface area contributed by atoms with Crippen LogP contribution in [-0.4, -0.2) is 46.5 Å². The molecule has 1 unspecified atom stereocenters. The number of halogens is 1. The summed E-state index contributed by atoms with van der Waals surface area (Å²) in [5.41, 5.74) is 3.35. The average Bonchev–Trinajstić information content (AvgIpc) is 3.21. The number of nitrogens with one attached hydrogen (secondary N) is 1. The SMILES string of the molecule is CCNc1ncc2c(n1)N1CCCC1CN(c1cccc(-c3ccnc(Cl)c3)c1)C2=O. The molecule has 0 radical (unpaired) electrons. The number of pyridine rings is 1. The minimum absolute atomic E-state index is 0.0719. The number of benzene rings is 1. The van der Waals surface area contributed by atoms with Gasteiger partial charge in [-0.2, -0.15) is 4.98 Å². The van der Waals surface area contributed by atoms with E-state index in [9.17, 15) is 4.79 Å². The number of rotatable bonds is 4. The highest BCUT2D eigenvalue weighted by molar-refractivity contribution is 6.29. The number of fused-ring (bicyclic) bond motifs is 3. The smallest absolute Gasteiger partial charge is 0.263 e. The highest BCUT2D eigenvalue weighted by Crippen LogP contribution is 2.35. The molecule has 3 aromatic rings. The summed E-state index contributed by atoms with van der Waals surface area (Å²) in [4.78, 5) is 30.9. The van der Waals surface area contributed by atoms with Gasteiger partial charge in [0.25, 0.3) is 5.91 Å². The Morgan fingerprint density at radius 2 is 2.06 bits per heavy atom. The Morgan fingerprint density at radius 3 is 2.90 bits per heavy atom. The van der Waals surface area contributed by atoms with E-state index in [2.05, 4.69) is 20.2 Å². The molecule has 7 nitrogen and oxygen atoms in total. The second-order valence-corrected chi connectivity index (χ2v) is 8.17.